The Labute approximate surface area is 61.4 Å². The van der Waals surface area contributed by atoms with Crippen LogP contribution in [0.5, 0.6) is 0 Å². The van der Waals surface area contributed by atoms with Crippen molar-refractivity contribution in [1.29, 1.82) is 0 Å². The van der Waals surface area contributed by atoms with Gasteiger partial charge in [-0.05, 0) is 7.05 Å². The van der Waals surface area contributed by atoms with Gasteiger partial charge in [0, 0.05) is 26.2 Å². The molecule has 0 unspecified atom stereocenters. The van der Waals surface area contributed by atoms with Crippen LogP contribution in [0.3, 0.4) is 0 Å². The Hall–Kier alpha value is -0.150. The highest BCUT2D eigenvalue weighted by Gasteiger charge is 2.09. The minimum absolute atomic E-state index is 1.04. The lowest BCUT2D eigenvalue weighted by molar-refractivity contribution is 0.221. The second-order valence-corrected chi connectivity index (χ2v) is 2.56. The van der Waals surface area contributed by atoms with Crippen molar-refractivity contribution < 1.29 is 0 Å². The van der Waals surface area contributed by atoms with Crippen LogP contribution in [0.4, 0.5) is 0 Å². The number of hydrogen-bond acceptors (Lipinski definition) is 2. The van der Waals surface area contributed by atoms with Gasteiger partial charge >= 0.3 is 0 Å². The zero-order valence-corrected chi connectivity index (χ0v) is 6.45. The third-order valence-electron chi connectivity index (χ3n) is 1.63. The molecule has 0 spiro atoms. The van der Waals surface area contributed by atoms with Gasteiger partial charge in [0.1, 0.15) is 5.49 Å². The molecule has 1 saturated heterocycles. The lowest BCUT2D eigenvalue weighted by Crippen LogP contribution is -2.43. The summed E-state index contributed by atoms with van der Waals surface area (Å²) in [6.07, 6.45) is 0. The average Bonchev–Trinajstić information content (AvgIpc) is 1.90. The molecule has 0 saturated carbocycles. The first-order valence-electron chi connectivity index (χ1n) is 3.14. The molecule has 1 aliphatic rings. The summed E-state index contributed by atoms with van der Waals surface area (Å²) in [5.74, 6) is 0. The average molecular weight is 143 g/mol. The molecule has 0 aromatic rings. The van der Waals surface area contributed by atoms with E-state index in [1.165, 1.54) is 0 Å². The van der Waals surface area contributed by atoms with E-state index in [1.807, 2.05) is 0 Å². The molecule has 0 aromatic carbocycles. The Morgan fingerprint density at radius 2 is 1.78 bits per heavy atom. The smallest absolute Gasteiger partial charge is 0.137 e. The molecule has 1 aliphatic heterocycles. The van der Waals surface area contributed by atoms with Crippen molar-refractivity contribution in [3.8, 4) is 0 Å². The first-order valence-corrected chi connectivity index (χ1v) is 3.55. The highest BCUT2D eigenvalue weighted by atomic mass is 32.1. The van der Waals surface area contributed by atoms with Crippen LogP contribution in [0, 0.1) is 0 Å². The normalized spacial score (nSPS) is 22.1. The second-order valence-electron chi connectivity index (χ2n) is 2.38. The quantitative estimate of drug-likeness (QED) is 0.480. The highest BCUT2D eigenvalue weighted by molar-refractivity contribution is 7.78. The van der Waals surface area contributed by atoms with Crippen LogP contribution in [-0.4, -0.2) is 48.5 Å². The molecule has 1 radical (unpaired) electrons. The first-order chi connectivity index (χ1) is 4.33. The largest absolute Gasteiger partial charge is 0.358 e. The molecular formula is C6H11N2S. The van der Waals surface area contributed by atoms with Crippen LogP contribution < -0.4 is 0 Å². The van der Waals surface area contributed by atoms with E-state index >= 15 is 0 Å². The number of thiocarbonyl (C=S) groups is 1. The fourth-order valence-corrected chi connectivity index (χ4v) is 1.08. The van der Waals surface area contributed by atoms with E-state index in [2.05, 4.69) is 34.6 Å². The van der Waals surface area contributed by atoms with Crippen LogP contribution in [0.25, 0.3) is 0 Å². The van der Waals surface area contributed by atoms with Crippen molar-refractivity contribution in [2.24, 2.45) is 0 Å². The summed E-state index contributed by atoms with van der Waals surface area (Å²) in [5.41, 5.74) is 2.71. The van der Waals surface area contributed by atoms with Gasteiger partial charge in [-0.1, -0.05) is 12.2 Å². The molecule has 9 heavy (non-hydrogen) atoms. The number of hydrogen-bond donors (Lipinski definition) is 0. The maximum absolute atomic E-state index is 4.67. The van der Waals surface area contributed by atoms with E-state index in [9.17, 15) is 0 Å². The molecule has 0 aromatic heterocycles. The van der Waals surface area contributed by atoms with E-state index < -0.39 is 0 Å². The van der Waals surface area contributed by atoms with Gasteiger partial charge in [0.05, 0.1) is 0 Å². The third kappa shape index (κ3) is 1.91. The van der Waals surface area contributed by atoms with Gasteiger partial charge in [0.2, 0.25) is 0 Å². The summed E-state index contributed by atoms with van der Waals surface area (Å²) in [7, 11) is 2.13. The Balaban J connectivity index is 2.26. The summed E-state index contributed by atoms with van der Waals surface area (Å²) in [6.45, 7) is 4.31. The summed E-state index contributed by atoms with van der Waals surface area (Å²) >= 11 is 4.67. The van der Waals surface area contributed by atoms with E-state index in [0.29, 0.717) is 0 Å². The predicted octanol–water partition coefficient (Wildman–Crippen LogP) is 0.0680. The monoisotopic (exact) mass is 143 g/mol. The minimum atomic E-state index is 1.04. The van der Waals surface area contributed by atoms with E-state index in [0.717, 1.165) is 26.2 Å². The standard InChI is InChI=1S/C6H11N2S/c1-7-2-4-8(6-9)5-3-7/h2-5H2,1H3. The molecule has 0 aliphatic carbocycles. The SMILES string of the molecule is CN1CCN([C]=S)CC1. The van der Waals surface area contributed by atoms with Gasteiger partial charge in [-0.2, -0.15) is 0 Å². The Morgan fingerprint density at radius 3 is 2.22 bits per heavy atom. The minimum Gasteiger partial charge on any atom is -0.358 e. The van der Waals surface area contributed by atoms with Gasteiger partial charge in [-0.25, -0.2) is 0 Å². The zero-order valence-electron chi connectivity index (χ0n) is 5.63. The lowest BCUT2D eigenvalue weighted by atomic mass is 10.4. The van der Waals surface area contributed by atoms with E-state index in [1.54, 1.807) is 0 Å². The molecule has 0 bridgehead atoms. The number of likely N-dealkylation sites (N-methyl/N-ethyl adjacent to an activating group) is 1. The summed E-state index contributed by atoms with van der Waals surface area (Å²) in [6, 6.07) is 0. The first kappa shape index (κ1) is 6.96. The van der Waals surface area contributed by atoms with Crippen LogP contribution in [0.15, 0.2) is 0 Å². The van der Waals surface area contributed by atoms with Crippen LogP contribution in [0.2, 0.25) is 0 Å². The van der Waals surface area contributed by atoms with Crippen molar-refractivity contribution in [3.05, 3.63) is 0 Å². The molecule has 3 heteroatoms. The van der Waals surface area contributed by atoms with Crippen molar-refractivity contribution in [1.82, 2.24) is 9.80 Å². The Kier molecular flexibility index (Phi) is 2.42. The predicted molar refractivity (Wildman–Crippen MR) is 41.7 cm³/mol. The van der Waals surface area contributed by atoms with Crippen molar-refractivity contribution in [3.63, 3.8) is 0 Å². The maximum Gasteiger partial charge on any atom is 0.137 e. The number of nitrogens with zero attached hydrogens (tertiary/aromatic N) is 2. The molecule has 0 atom stereocenters. The van der Waals surface area contributed by atoms with Crippen LogP contribution in [0.1, 0.15) is 0 Å². The van der Waals surface area contributed by atoms with Gasteiger partial charge < -0.3 is 9.80 Å². The van der Waals surface area contributed by atoms with E-state index in [-0.39, 0.29) is 0 Å². The van der Waals surface area contributed by atoms with Gasteiger partial charge in [0.15, 0.2) is 0 Å². The zero-order chi connectivity index (χ0) is 6.69. The number of rotatable bonds is 1. The lowest BCUT2D eigenvalue weighted by Gasteiger charge is -2.29. The van der Waals surface area contributed by atoms with Crippen molar-refractivity contribution in [2.75, 3.05) is 33.2 Å². The van der Waals surface area contributed by atoms with Crippen molar-refractivity contribution in [2.45, 2.75) is 0 Å². The van der Waals surface area contributed by atoms with Gasteiger partial charge in [0.25, 0.3) is 0 Å². The maximum atomic E-state index is 4.67. The molecule has 1 heterocycles. The fraction of sp³-hybridized carbons (Fsp3) is 0.833. The topological polar surface area (TPSA) is 6.48 Å². The molecule has 1 fully saturated rings. The highest BCUT2D eigenvalue weighted by Crippen LogP contribution is 1.94. The third-order valence-corrected chi connectivity index (χ3v) is 1.89. The molecule has 1 rings (SSSR count). The molecule has 0 N–H and O–H groups in total. The van der Waals surface area contributed by atoms with Crippen LogP contribution >= 0.6 is 12.2 Å². The molecular weight excluding hydrogens is 132 g/mol. The summed E-state index contributed by atoms with van der Waals surface area (Å²) in [5, 5.41) is 0. The Bertz CT molecular complexity index is 97.2. The molecule has 51 valence electrons. The second kappa shape index (κ2) is 3.13. The van der Waals surface area contributed by atoms with Gasteiger partial charge in [-0.3, -0.25) is 0 Å². The molecule has 0 amide bonds. The fourth-order valence-electron chi connectivity index (χ4n) is 0.898. The van der Waals surface area contributed by atoms with Crippen LogP contribution in [-0.2, 0) is 0 Å². The Morgan fingerprint density at radius 1 is 1.22 bits per heavy atom. The summed E-state index contributed by atoms with van der Waals surface area (Å²) < 4.78 is 0. The van der Waals surface area contributed by atoms with Gasteiger partial charge in [-0.15, -0.1) is 0 Å². The van der Waals surface area contributed by atoms with Crippen molar-refractivity contribution >= 4 is 17.7 Å². The molecule has 2 nitrogen and oxygen atoms in total. The number of piperazine rings is 1. The van der Waals surface area contributed by atoms with E-state index in [4.69, 9.17) is 0 Å². The summed E-state index contributed by atoms with van der Waals surface area (Å²) in [4.78, 5) is 4.35.